The highest BCUT2D eigenvalue weighted by molar-refractivity contribution is 6.79. The van der Waals surface area contributed by atoms with Gasteiger partial charge in [-0.05, 0) is 45.0 Å². The molecule has 3 heterocycles. The highest BCUT2D eigenvalue weighted by atomic mass is 18.2. The average Bonchev–Trinajstić information content (AvgIpc) is 3.02. The maximum atomic E-state index is 17.0. The second-order valence-electron chi connectivity index (χ2n) is 7.09. The topological polar surface area (TPSA) is 7.94 Å². The van der Waals surface area contributed by atoms with Gasteiger partial charge in [0.2, 0.25) is 0 Å². The molecule has 2 nitrogen and oxygen atoms in total. The van der Waals surface area contributed by atoms with Crippen LogP contribution in [0.2, 0.25) is 0 Å². The van der Waals surface area contributed by atoms with E-state index in [1.165, 1.54) is 0 Å². The lowest BCUT2D eigenvalue weighted by atomic mass is 9.57. The molecular weight excluding hydrogens is 297 g/mol. The lowest BCUT2D eigenvalue weighted by molar-refractivity contribution is -0.346. The largest absolute Gasteiger partial charge is 0.577 e. The molecule has 2 aliphatic rings. The standard InChI is InChI=1S/C20H22BFN2/c1-13-11-15(3)23-19(13)17(5)20-14(2)12-16(4)24(20)21(23,22)18-9-7-6-8-10-18/h6-12H,1-5H3/i22-1. The van der Waals surface area contributed by atoms with Gasteiger partial charge in [-0.15, -0.1) is 0 Å². The van der Waals surface area contributed by atoms with Crippen LogP contribution in [0.3, 0.4) is 0 Å². The highest BCUT2D eigenvalue weighted by Crippen LogP contribution is 2.40. The average molecular weight is 319 g/mol. The molecule has 1 aromatic carbocycles. The molecule has 4 heteroatoms. The Balaban J connectivity index is 2.18. The third-order valence-electron chi connectivity index (χ3n) is 5.46. The zero-order valence-corrected chi connectivity index (χ0v) is 14.9. The first-order chi connectivity index (χ1) is 11.4. The second-order valence-corrected chi connectivity index (χ2v) is 7.09. The van der Waals surface area contributed by atoms with Crippen molar-refractivity contribution in [3.8, 4) is 0 Å². The summed E-state index contributed by atoms with van der Waals surface area (Å²) < 4.78 is 20.8. The number of nitrogens with zero attached hydrogens (tertiary/aromatic N) is 2. The first-order valence-corrected chi connectivity index (χ1v) is 8.48. The third-order valence-corrected chi connectivity index (χ3v) is 5.46. The Kier molecular flexibility index (Phi) is 3.05. The molecular formula is C20H22BFN2. The van der Waals surface area contributed by atoms with Crippen LogP contribution in [0.5, 0.6) is 0 Å². The molecule has 0 saturated carbocycles. The van der Waals surface area contributed by atoms with Gasteiger partial charge in [0.1, 0.15) is 5.71 Å². The third kappa shape index (κ3) is 1.69. The van der Waals surface area contributed by atoms with Crippen molar-refractivity contribution in [1.29, 1.82) is 0 Å². The van der Waals surface area contributed by atoms with Gasteiger partial charge in [0.15, 0.2) is 5.70 Å². The molecule has 0 radical (unpaired) electrons. The molecule has 0 aliphatic carbocycles. The number of allylic oxidation sites excluding steroid dienone is 3. The minimum Gasteiger partial charge on any atom is -0.423 e. The Morgan fingerprint density at radius 1 is 1.00 bits per heavy atom. The summed E-state index contributed by atoms with van der Waals surface area (Å²) in [6.07, 6.45) is 2.09. The molecule has 0 spiro atoms. The molecule has 2 aliphatic heterocycles. The number of hydrogen-bond donors (Lipinski definition) is 0. The summed E-state index contributed by atoms with van der Waals surface area (Å²) in [6.45, 7) is 7.66. The van der Waals surface area contributed by atoms with Gasteiger partial charge in [0, 0.05) is 29.8 Å². The highest BCUT2D eigenvalue weighted by Gasteiger charge is 2.53. The van der Waals surface area contributed by atoms with Gasteiger partial charge >= 0.3 is 6.69 Å². The van der Waals surface area contributed by atoms with Crippen molar-refractivity contribution in [2.75, 3.05) is 0 Å². The predicted molar refractivity (Wildman–Crippen MR) is 99.5 cm³/mol. The molecule has 0 amide bonds. The number of aryl methyl sites for hydroxylation is 2. The van der Waals surface area contributed by atoms with Crippen molar-refractivity contribution in [2.45, 2.75) is 34.6 Å². The Hall–Kier alpha value is -2.36. The number of halogens is 1. The summed E-state index contributed by atoms with van der Waals surface area (Å²) in [6, 6.07) is 11.7. The van der Waals surface area contributed by atoms with E-state index in [1.807, 2.05) is 53.1 Å². The summed E-state index contributed by atoms with van der Waals surface area (Å²) in [5.74, 6) is 0. The SMILES string of the molecule is CC1=CC(C)=[N+]2C1=C(C)c1c(C)cc(C)n1[B-]2([18F])c1ccccc1. The molecule has 0 fully saturated rings. The van der Waals surface area contributed by atoms with Gasteiger partial charge in [-0.25, -0.2) is 0 Å². The molecule has 24 heavy (non-hydrogen) atoms. The van der Waals surface area contributed by atoms with Crippen molar-refractivity contribution in [3.05, 3.63) is 70.7 Å². The molecule has 1 aromatic heterocycles. The zero-order valence-electron chi connectivity index (χ0n) is 14.9. The lowest BCUT2D eigenvalue weighted by Gasteiger charge is -2.39. The van der Waals surface area contributed by atoms with Gasteiger partial charge in [0.05, 0.1) is 0 Å². The van der Waals surface area contributed by atoms with E-state index in [2.05, 4.69) is 32.9 Å². The van der Waals surface area contributed by atoms with E-state index in [1.54, 1.807) is 0 Å². The number of rotatable bonds is 1. The Bertz CT molecular complexity index is 963. The first-order valence-electron chi connectivity index (χ1n) is 8.48. The van der Waals surface area contributed by atoms with Crippen molar-refractivity contribution in [3.63, 3.8) is 0 Å². The summed E-state index contributed by atoms with van der Waals surface area (Å²) >= 11 is 0. The van der Waals surface area contributed by atoms with Crippen LogP contribution in [0.1, 0.15) is 37.7 Å². The predicted octanol–water partition coefficient (Wildman–Crippen LogP) is 3.95. The minimum absolute atomic E-state index is 0.713. The van der Waals surface area contributed by atoms with E-state index in [0.717, 1.165) is 39.5 Å². The monoisotopic (exact) mass is 319 g/mol. The summed E-state index contributed by atoms with van der Waals surface area (Å²) in [4.78, 5) is 0. The van der Waals surface area contributed by atoms with Crippen LogP contribution in [0.25, 0.3) is 5.57 Å². The molecule has 0 N–H and O–H groups in total. The van der Waals surface area contributed by atoms with Crippen molar-refractivity contribution in [2.24, 2.45) is 0 Å². The van der Waals surface area contributed by atoms with Crippen molar-refractivity contribution in [1.82, 2.24) is 4.48 Å². The normalized spacial score (nSPS) is 22.7. The van der Waals surface area contributed by atoms with Gasteiger partial charge in [-0.2, -0.15) is 0 Å². The molecule has 2 aromatic rings. The van der Waals surface area contributed by atoms with Crippen LogP contribution in [0, 0.1) is 13.8 Å². The van der Waals surface area contributed by atoms with Gasteiger partial charge in [-0.3, -0.25) is 0 Å². The number of aromatic nitrogens is 1. The smallest absolute Gasteiger partial charge is 0.423 e. The van der Waals surface area contributed by atoms with Crippen LogP contribution in [0.4, 0.5) is 4.32 Å². The molecule has 0 bridgehead atoms. The van der Waals surface area contributed by atoms with E-state index in [-0.39, 0.29) is 0 Å². The Labute approximate surface area is 142 Å². The fourth-order valence-corrected chi connectivity index (χ4v) is 4.69. The Morgan fingerprint density at radius 3 is 2.33 bits per heavy atom. The summed E-state index contributed by atoms with van der Waals surface area (Å²) in [5, 5.41) is 0. The molecule has 122 valence electrons. The van der Waals surface area contributed by atoms with Crippen LogP contribution < -0.4 is 5.46 Å². The van der Waals surface area contributed by atoms with Crippen molar-refractivity contribution < 1.29 is 8.80 Å². The van der Waals surface area contributed by atoms with Crippen molar-refractivity contribution >= 4 is 23.4 Å². The number of benzene rings is 1. The summed E-state index contributed by atoms with van der Waals surface area (Å²) in [7, 11) is 0. The zero-order chi connectivity index (χ0) is 17.2. The van der Waals surface area contributed by atoms with E-state index in [9.17, 15) is 0 Å². The quantitative estimate of drug-likeness (QED) is 0.703. The fraction of sp³-hybridized carbons (Fsp3) is 0.250. The first kappa shape index (κ1) is 15.2. The number of hydrogen-bond acceptors (Lipinski definition) is 0. The number of fused-ring (bicyclic) bond motifs is 2. The Morgan fingerprint density at radius 2 is 1.67 bits per heavy atom. The van der Waals surface area contributed by atoms with Gasteiger partial charge < -0.3 is 13.3 Å². The van der Waals surface area contributed by atoms with Gasteiger partial charge in [-0.1, -0.05) is 35.8 Å². The molecule has 0 saturated heterocycles. The van der Waals surface area contributed by atoms with Crippen LogP contribution >= 0.6 is 0 Å². The van der Waals surface area contributed by atoms with E-state index in [4.69, 9.17) is 0 Å². The maximum absolute atomic E-state index is 17.0. The van der Waals surface area contributed by atoms with Crippen LogP contribution in [-0.4, -0.2) is 21.4 Å². The van der Waals surface area contributed by atoms with E-state index >= 15 is 4.32 Å². The van der Waals surface area contributed by atoms with E-state index < -0.39 is 6.69 Å². The molecule has 4 rings (SSSR count). The van der Waals surface area contributed by atoms with Crippen LogP contribution in [0.15, 0.2) is 53.7 Å². The maximum Gasteiger partial charge on any atom is 0.577 e. The second kappa shape index (κ2) is 4.82. The lowest BCUT2D eigenvalue weighted by Crippen LogP contribution is -2.63. The molecule has 1 atom stereocenters. The summed E-state index contributed by atoms with van der Waals surface area (Å²) in [5.41, 5.74) is 8.10. The molecule has 1 unspecified atom stereocenters. The van der Waals surface area contributed by atoms with Gasteiger partial charge in [0.25, 0.3) is 0 Å². The van der Waals surface area contributed by atoms with Crippen LogP contribution in [-0.2, 0) is 0 Å². The fourth-order valence-electron chi connectivity index (χ4n) is 4.69. The minimum atomic E-state index is -2.60. The van der Waals surface area contributed by atoms with E-state index in [0.29, 0.717) is 5.46 Å².